The average Bonchev–Trinajstić information content (AvgIpc) is 2.16. The molecule has 1 aliphatic carbocycles. The van der Waals surface area contributed by atoms with Crippen LogP contribution < -0.4 is 0 Å². The van der Waals surface area contributed by atoms with Crippen LogP contribution in [-0.4, -0.2) is 6.47 Å². The minimum atomic E-state index is 0.491. The lowest BCUT2D eigenvalue weighted by molar-refractivity contribution is -0.125. The normalized spacial score (nSPS) is 19.4. The molecular formula is C12H12O2. The van der Waals surface area contributed by atoms with Crippen LogP contribution >= 0.6 is 0 Å². The van der Waals surface area contributed by atoms with Gasteiger partial charge in [-0.3, -0.25) is 4.79 Å². The van der Waals surface area contributed by atoms with E-state index < -0.39 is 0 Å². The van der Waals surface area contributed by atoms with E-state index in [1.165, 1.54) is 5.56 Å². The number of hydrogen-bond acceptors (Lipinski definition) is 2. The summed E-state index contributed by atoms with van der Waals surface area (Å²) in [5, 5.41) is 0. The minimum Gasteiger partial charge on any atom is -0.434 e. The molecule has 0 N–H and O–H groups in total. The topological polar surface area (TPSA) is 26.3 Å². The summed E-state index contributed by atoms with van der Waals surface area (Å²) in [5.41, 5.74) is 1.33. The lowest BCUT2D eigenvalue weighted by Crippen LogP contribution is -2.14. The van der Waals surface area contributed by atoms with Crippen molar-refractivity contribution in [1.29, 1.82) is 0 Å². The van der Waals surface area contributed by atoms with Crippen LogP contribution in [0.5, 0.6) is 0 Å². The number of rotatable bonds is 4. The highest BCUT2D eigenvalue weighted by Crippen LogP contribution is 2.29. The van der Waals surface area contributed by atoms with Gasteiger partial charge in [-0.15, -0.1) is 0 Å². The Balaban J connectivity index is 1.88. The second-order valence-electron chi connectivity index (χ2n) is 3.50. The molecule has 0 bridgehead atoms. The van der Waals surface area contributed by atoms with Crippen molar-refractivity contribution in [2.45, 2.75) is 12.8 Å². The van der Waals surface area contributed by atoms with Gasteiger partial charge in [0.25, 0.3) is 6.47 Å². The Hall–Kier alpha value is -1.57. The van der Waals surface area contributed by atoms with E-state index in [9.17, 15) is 4.79 Å². The Bertz CT molecular complexity index is 341. The Labute approximate surface area is 83.2 Å². The first-order valence-corrected chi connectivity index (χ1v) is 4.73. The van der Waals surface area contributed by atoms with E-state index in [-0.39, 0.29) is 0 Å². The van der Waals surface area contributed by atoms with Gasteiger partial charge in [-0.05, 0) is 24.0 Å². The smallest absolute Gasteiger partial charge is 0.298 e. The predicted octanol–water partition coefficient (Wildman–Crippen LogP) is 2.31. The first-order chi connectivity index (χ1) is 6.88. The van der Waals surface area contributed by atoms with Gasteiger partial charge in [0.15, 0.2) is 0 Å². The average molecular weight is 188 g/mol. The van der Waals surface area contributed by atoms with Crippen LogP contribution in [0.25, 0.3) is 0 Å². The molecule has 2 heteroatoms. The number of allylic oxidation sites excluding steroid dienone is 2. The second-order valence-corrected chi connectivity index (χ2v) is 3.50. The lowest BCUT2D eigenvalue weighted by Gasteiger charge is -2.23. The molecule has 0 fully saturated rings. The summed E-state index contributed by atoms with van der Waals surface area (Å²) < 4.78 is 4.73. The van der Waals surface area contributed by atoms with E-state index in [0.29, 0.717) is 12.4 Å². The van der Waals surface area contributed by atoms with Crippen molar-refractivity contribution in [3.8, 4) is 0 Å². The van der Waals surface area contributed by atoms with E-state index in [0.717, 1.165) is 18.6 Å². The van der Waals surface area contributed by atoms with Gasteiger partial charge in [-0.2, -0.15) is 0 Å². The van der Waals surface area contributed by atoms with E-state index >= 15 is 0 Å². The van der Waals surface area contributed by atoms with E-state index in [1.807, 2.05) is 24.3 Å². The Kier molecular flexibility index (Phi) is 2.63. The molecule has 0 spiro atoms. The van der Waals surface area contributed by atoms with Crippen LogP contribution in [0.2, 0.25) is 0 Å². The third-order valence-corrected chi connectivity index (χ3v) is 2.43. The van der Waals surface area contributed by atoms with Crippen LogP contribution in [0.3, 0.4) is 0 Å². The van der Waals surface area contributed by atoms with Crippen molar-refractivity contribution < 1.29 is 9.53 Å². The highest BCUT2D eigenvalue weighted by molar-refractivity contribution is 5.41. The van der Waals surface area contributed by atoms with E-state index in [4.69, 9.17) is 4.74 Å². The summed E-state index contributed by atoms with van der Waals surface area (Å²) in [6, 6.07) is 10.3. The van der Waals surface area contributed by atoms with Crippen LogP contribution in [0.15, 0.2) is 42.2 Å². The molecule has 14 heavy (non-hydrogen) atoms. The van der Waals surface area contributed by atoms with Gasteiger partial charge in [0.2, 0.25) is 0 Å². The molecule has 0 aliphatic heterocycles. The zero-order valence-electron chi connectivity index (χ0n) is 7.85. The molecule has 0 saturated carbocycles. The van der Waals surface area contributed by atoms with Crippen molar-refractivity contribution >= 4 is 6.47 Å². The molecule has 0 saturated heterocycles. The first-order valence-electron chi connectivity index (χ1n) is 4.73. The van der Waals surface area contributed by atoms with E-state index in [2.05, 4.69) is 12.1 Å². The predicted molar refractivity (Wildman–Crippen MR) is 53.5 cm³/mol. The molecule has 0 heterocycles. The quantitative estimate of drug-likeness (QED) is 0.678. The monoisotopic (exact) mass is 188 g/mol. The lowest BCUT2D eigenvalue weighted by atomic mass is 9.87. The number of benzene rings is 1. The highest BCUT2D eigenvalue weighted by Gasteiger charge is 2.20. The van der Waals surface area contributed by atoms with Gasteiger partial charge < -0.3 is 4.74 Å². The molecule has 1 atom stereocenters. The maximum atomic E-state index is 10.0. The number of hydrogen-bond donors (Lipinski definition) is 0. The maximum absolute atomic E-state index is 10.0. The molecule has 1 aliphatic rings. The van der Waals surface area contributed by atoms with Gasteiger partial charge in [0.05, 0.1) is 0 Å². The Morgan fingerprint density at radius 2 is 2.07 bits per heavy atom. The van der Waals surface area contributed by atoms with Crippen molar-refractivity contribution in [3.63, 3.8) is 0 Å². The molecular weight excluding hydrogens is 176 g/mol. The number of ether oxygens (including phenoxy) is 1. The van der Waals surface area contributed by atoms with Gasteiger partial charge in [-0.1, -0.05) is 30.3 Å². The third kappa shape index (κ3) is 2.02. The SMILES string of the molecule is O=COC1=CC(Cc2ccccc2)C1. The van der Waals surface area contributed by atoms with E-state index in [1.54, 1.807) is 0 Å². The Morgan fingerprint density at radius 3 is 2.71 bits per heavy atom. The zero-order chi connectivity index (χ0) is 9.80. The molecule has 1 unspecified atom stereocenters. The van der Waals surface area contributed by atoms with Crippen LogP contribution in [0, 0.1) is 5.92 Å². The molecule has 1 aromatic rings. The largest absolute Gasteiger partial charge is 0.434 e. The second kappa shape index (κ2) is 4.09. The summed E-state index contributed by atoms with van der Waals surface area (Å²) >= 11 is 0. The minimum absolute atomic E-state index is 0.491. The zero-order valence-corrected chi connectivity index (χ0v) is 7.85. The third-order valence-electron chi connectivity index (χ3n) is 2.43. The molecule has 2 nitrogen and oxygen atoms in total. The van der Waals surface area contributed by atoms with Crippen molar-refractivity contribution in [2.75, 3.05) is 0 Å². The number of carbonyl (C=O) groups is 1. The van der Waals surface area contributed by atoms with Crippen molar-refractivity contribution in [1.82, 2.24) is 0 Å². The standard InChI is InChI=1S/C12H12O2/c13-9-14-12-7-11(8-12)6-10-4-2-1-3-5-10/h1-5,7,9,11H,6,8H2. The van der Waals surface area contributed by atoms with Crippen LogP contribution in [0.4, 0.5) is 0 Å². The maximum Gasteiger partial charge on any atom is 0.298 e. The summed E-state index contributed by atoms with van der Waals surface area (Å²) in [5.74, 6) is 1.34. The molecule has 1 aromatic carbocycles. The molecule has 0 aromatic heterocycles. The van der Waals surface area contributed by atoms with Crippen LogP contribution in [-0.2, 0) is 16.0 Å². The number of carbonyl (C=O) groups excluding carboxylic acids is 1. The van der Waals surface area contributed by atoms with Gasteiger partial charge in [0.1, 0.15) is 5.76 Å². The first kappa shape index (κ1) is 9.00. The van der Waals surface area contributed by atoms with Gasteiger partial charge >= 0.3 is 0 Å². The summed E-state index contributed by atoms with van der Waals surface area (Å²) in [6.45, 7) is 0.491. The fourth-order valence-electron chi connectivity index (χ4n) is 1.68. The molecule has 72 valence electrons. The van der Waals surface area contributed by atoms with Crippen molar-refractivity contribution in [2.24, 2.45) is 5.92 Å². The molecule has 2 rings (SSSR count). The Morgan fingerprint density at radius 1 is 1.36 bits per heavy atom. The van der Waals surface area contributed by atoms with Crippen molar-refractivity contribution in [3.05, 3.63) is 47.7 Å². The fraction of sp³-hybridized carbons (Fsp3) is 0.250. The summed E-state index contributed by atoms with van der Waals surface area (Å²) in [6.07, 6.45) is 3.93. The van der Waals surface area contributed by atoms with Crippen LogP contribution in [0.1, 0.15) is 12.0 Å². The molecule has 0 radical (unpaired) electrons. The van der Waals surface area contributed by atoms with Gasteiger partial charge in [0, 0.05) is 6.42 Å². The highest BCUT2D eigenvalue weighted by atomic mass is 16.5. The molecule has 0 amide bonds. The summed E-state index contributed by atoms with van der Waals surface area (Å²) in [7, 11) is 0. The fourth-order valence-corrected chi connectivity index (χ4v) is 1.68. The summed E-state index contributed by atoms with van der Waals surface area (Å²) in [4.78, 5) is 10.0. The van der Waals surface area contributed by atoms with Gasteiger partial charge in [-0.25, -0.2) is 0 Å².